The predicted octanol–water partition coefficient (Wildman–Crippen LogP) is 4.39. The van der Waals surface area contributed by atoms with Gasteiger partial charge in [0.2, 0.25) is 0 Å². The summed E-state index contributed by atoms with van der Waals surface area (Å²) in [6.45, 7) is 0.465. The van der Waals surface area contributed by atoms with Gasteiger partial charge >= 0.3 is 5.97 Å². The lowest BCUT2D eigenvalue weighted by Gasteiger charge is -2.11. The number of carbonyl (C=O) groups is 1. The van der Waals surface area contributed by atoms with E-state index in [1.54, 1.807) is 30.3 Å². The summed E-state index contributed by atoms with van der Waals surface area (Å²) in [5.41, 5.74) is 2.13. The van der Waals surface area contributed by atoms with Crippen LogP contribution in [0, 0.1) is 0 Å². The first-order chi connectivity index (χ1) is 9.61. The fourth-order valence-corrected chi connectivity index (χ4v) is 2.28. The number of hydrogen-bond donors (Lipinski definition) is 1. The summed E-state index contributed by atoms with van der Waals surface area (Å²) in [5, 5.41) is 4.29. The molecule has 0 aliphatic carbocycles. The molecular formula is C15H13Cl2NO2. The van der Waals surface area contributed by atoms with Gasteiger partial charge in [-0.2, -0.15) is 0 Å². The maximum atomic E-state index is 11.7. The minimum Gasteiger partial charge on any atom is -0.465 e. The molecule has 1 N–H and O–H groups in total. The molecule has 0 spiro atoms. The van der Waals surface area contributed by atoms with Crippen LogP contribution in [0.2, 0.25) is 10.0 Å². The number of rotatable bonds is 4. The van der Waals surface area contributed by atoms with Gasteiger partial charge in [-0.3, -0.25) is 0 Å². The maximum absolute atomic E-state index is 11.7. The summed E-state index contributed by atoms with van der Waals surface area (Å²) in [4.78, 5) is 11.7. The zero-order valence-corrected chi connectivity index (χ0v) is 12.3. The van der Waals surface area contributed by atoms with Gasteiger partial charge in [0.1, 0.15) is 0 Å². The van der Waals surface area contributed by atoms with Crippen molar-refractivity contribution < 1.29 is 9.53 Å². The van der Waals surface area contributed by atoms with Gasteiger partial charge in [0.15, 0.2) is 0 Å². The van der Waals surface area contributed by atoms with Gasteiger partial charge in [-0.05, 0) is 29.8 Å². The summed E-state index contributed by atoms with van der Waals surface area (Å²) in [7, 11) is 1.36. The number of nitrogens with one attached hydrogen (secondary N) is 1. The number of ether oxygens (including phenoxy) is 1. The van der Waals surface area contributed by atoms with Crippen molar-refractivity contribution in [2.24, 2.45) is 0 Å². The first-order valence-corrected chi connectivity index (χ1v) is 6.72. The Bertz CT molecular complexity index is 629. The van der Waals surface area contributed by atoms with Crippen molar-refractivity contribution in [2.75, 3.05) is 12.4 Å². The van der Waals surface area contributed by atoms with Crippen LogP contribution in [0.5, 0.6) is 0 Å². The molecule has 0 aliphatic rings. The zero-order chi connectivity index (χ0) is 14.5. The van der Waals surface area contributed by atoms with Crippen LogP contribution in [0.15, 0.2) is 42.5 Å². The molecule has 2 aromatic rings. The van der Waals surface area contributed by atoms with E-state index in [-0.39, 0.29) is 5.97 Å². The zero-order valence-electron chi connectivity index (χ0n) is 10.8. The van der Waals surface area contributed by atoms with Gasteiger partial charge in [0.05, 0.1) is 23.4 Å². The molecule has 3 nitrogen and oxygen atoms in total. The minimum atomic E-state index is -0.357. The lowest BCUT2D eigenvalue weighted by Crippen LogP contribution is -2.09. The quantitative estimate of drug-likeness (QED) is 0.851. The lowest BCUT2D eigenvalue weighted by atomic mass is 10.1. The molecule has 104 valence electrons. The fourth-order valence-electron chi connectivity index (χ4n) is 1.81. The van der Waals surface area contributed by atoms with Crippen LogP contribution in [0.4, 0.5) is 5.69 Å². The third kappa shape index (κ3) is 3.44. The van der Waals surface area contributed by atoms with Crippen molar-refractivity contribution in [1.29, 1.82) is 0 Å². The second-order valence-electron chi connectivity index (χ2n) is 4.13. The summed E-state index contributed by atoms with van der Waals surface area (Å²) in [6.07, 6.45) is 0. The van der Waals surface area contributed by atoms with E-state index in [1.165, 1.54) is 7.11 Å². The normalized spacial score (nSPS) is 10.2. The van der Waals surface area contributed by atoms with Crippen LogP contribution in [0.1, 0.15) is 15.9 Å². The van der Waals surface area contributed by atoms with Crippen molar-refractivity contribution in [3.05, 3.63) is 63.6 Å². The third-order valence-electron chi connectivity index (χ3n) is 2.82. The van der Waals surface area contributed by atoms with E-state index >= 15 is 0 Å². The second-order valence-corrected chi connectivity index (χ2v) is 4.97. The van der Waals surface area contributed by atoms with Crippen LogP contribution in [0.25, 0.3) is 0 Å². The van der Waals surface area contributed by atoms with Crippen LogP contribution in [0.3, 0.4) is 0 Å². The number of benzene rings is 2. The fraction of sp³-hybridized carbons (Fsp3) is 0.133. The number of anilines is 1. The van der Waals surface area contributed by atoms with E-state index in [1.807, 2.05) is 12.1 Å². The van der Waals surface area contributed by atoms with E-state index in [0.717, 1.165) is 11.3 Å². The Morgan fingerprint density at radius 1 is 1.20 bits per heavy atom. The Morgan fingerprint density at radius 3 is 2.65 bits per heavy atom. The van der Waals surface area contributed by atoms with Gasteiger partial charge in [-0.25, -0.2) is 4.79 Å². The highest BCUT2D eigenvalue weighted by atomic mass is 35.5. The largest absolute Gasteiger partial charge is 0.465 e. The molecule has 0 saturated carbocycles. The van der Waals surface area contributed by atoms with Gasteiger partial charge < -0.3 is 10.1 Å². The predicted molar refractivity (Wildman–Crippen MR) is 81.6 cm³/mol. The van der Waals surface area contributed by atoms with Crippen molar-refractivity contribution in [3.8, 4) is 0 Å². The topological polar surface area (TPSA) is 38.3 Å². The SMILES string of the molecule is COC(=O)c1ccccc1CNc1ccc(Cl)cc1Cl. The maximum Gasteiger partial charge on any atom is 0.338 e. The summed E-state index contributed by atoms with van der Waals surface area (Å²) >= 11 is 11.9. The van der Waals surface area contributed by atoms with Crippen LogP contribution < -0.4 is 5.32 Å². The van der Waals surface area contributed by atoms with Crippen molar-refractivity contribution in [2.45, 2.75) is 6.54 Å². The van der Waals surface area contributed by atoms with E-state index < -0.39 is 0 Å². The molecule has 20 heavy (non-hydrogen) atoms. The first kappa shape index (κ1) is 14.7. The number of methoxy groups -OCH3 is 1. The average molecular weight is 310 g/mol. The lowest BCUT2D eigenvalue weighted by molar-refractivity contribution is 0.0599. The molecule has 2 aromatic carbocycles. The molecule has 0 aliphatic heterocycles. The van der Waals surface area contributed by atoms with Crippen LogP contribution in [-0.4, -0.2) is 13.1 Å². The highest BCUT2D eigenvalue weighted by Gasteiger charge is 2.11. The number of halogens is 2. The second kappa shape index (κ2) is 6.64. The van der Waals surface area contributed by atoms with Gasteiger partial charge in [0, 0.05) is 11.6 Å². The van der Waals surface area contributed by atoms with Crippen LogP contribution in [-0.2, 0) is 11.3 Å². The van der Waals surface area contributed by atoms with E-state index in [4.69, 9.17) is 27.9 Å². The number of carbonyl (C=O) groups excluding carboxylic acids is 1. The summed E-state index contributed by atoms with van der Waals surface area (Å²) in [6, 6.07) is 12.5. The third-order valence-corrected chi connectivity index (χ3v) is 3.37. The molecule has 0 saturated heterocycles. The van der Waals surface area contributed by atoms with Gasteiger partial charge in [-0.1, -0.05) is 41.4 Å². The molecule has 0 heterocycles. The highest BCUT2D eigenvalue weighted by molar-refractivity contribution is 6.36. The van der Waals surface area contributed by atoms with Crippen molar-refractivity contribution >= 4 is 34.9 Å². The molecule has 0 atom stereocenters. The van der Waals surface area contributed by atoms with E-state index in [0.29, 0.717) is 22.2 Å². The van der Waals surface area contributed by atoms with E-state index in [9.17, 15) is 4.79 Å². The molecule has 0 unspecified atom stereocenters. The molecule has 0 radical (unpaired) electrons. The number of hydrogen-bond acceptors (Lipinski definition) is 3. The highest BCUT2D eigenvalue weighted by Crippen LogP contribution is 2.26. The first-order valence-electron chi connectivity index (χ1n) is 5.97. The monoisotopic (exact) mass is 309 g/mol. The Labute approximate surface area is 127 Å². The summed E-state index contributed by atoms with van der Waals surface area (Å²) in [5.74, 6) is -0.357. The molecular weight excluding hydrogens is 297 g/mol. The molecule has 0 aromatic heterocycles. The van der Waals surface area contributed by atoms with Gasteiger partial charge in [0.25, 0.3) is 0 Å². The molecule has 2 rings (SSSR count). The Kier molecular flexibility index (Phi) is 4.88. The summed E-state index contributed by atoms with van der Waals surface area (Å²) < 4.78 is 4.76. The Hall–Kier alpha value is -1.71. The molecule has 0 bridgehead atoms. The Morgan fingerprint density at radius 2 is 1.95 bits per heavy atom. The Balaban J connectivity index is 2.17. The van der Waals surface area contributed by atoms with Crippen molar-refractivity contribution in [3.63, 3.8) is 0 Å². The number of esters is 1. The van der Waals surface area contributed by atoms with E-state index in [2.05, 4.69) is 5.32 Å². The van der Waals surface area contributed by atoms with Crippen molar-refractivity contribution in [1.82, 2.24) is 0 Å². The molecule has 5 heteroatoms. The van der Waals surface area contributed by atoms with Crippen LogP contribution >= 0.6 is 23.2 Å². The standard InChI is InChI=1S/C15H13Cl2NO2/c1-20-15(19)12-5-3-2-4-10(12)9-18-14-7-6-11(16)8-13(14)17/h2-8,18H,9H2,1H3. The van der Waals surface area contributed by atoms with Gasteiger partial charge in [-0.15, -0.1) is 0 Å². The minimum absolute atomic E-state index is 0.357. The molecule has 0 amide bonds. The smallest absolute Gasteiger partial charge is 0.338 e. The molecule has 0 fully saturated rings. The average Bonchev–Trinajstić information content (AvgIpc) is 2.46.